The number of rotatable bonds is 5. The van der Waals surface area contributed by atoms with Crippen LogP contribution in [0.1, 0.15) is 18.2 Å². The number of fused-ring (bicyclic) bond motifs is 1. The minimum absolute atomic E-state index is 0.466. The SMILES string of the molecule is CC(O)Cc1c(-c2ccccc2)ncn1Cc1cccc2oc(=O)[nH]c12. The molecule has 2 aromatic carbocycles. The Labute approximate surface area is 149 Å². The Morgan fingerprint density at radius 1 is 1.19 bits per heavy atom. The Balaban J connectivity index is 1.78. The zero-order chi connectivity index (χ0) is 18.1. The zero-order valence-corrected chi connectivity index (χ0v) is 14.3. The van der Waals surface area contributed by atoms with Gasteiger partial charge < -0.3 is 14.1 Å². The molecule has 2 heterocycles. The van der Waals surface area contributed by atoms with Crippen LogP contribution in [0.4, 0.5) is 0 Å². The van der Waals surface area contributed by atoms with Gasteiger partial charge in [-0.1, -0.05) is 42.5 Å². The number of hydrogen-bond acceptors (Lipinski definition) is 4. The van der Waals surface area contributed by atoms with Gasteiger partial charge >= 0.3 is 5.76 Å². The fourth-order valence-corrected chi connectivity index (χ4v) is 3.22. The van der Waals surface area contributed by atoms with Crippen LogP contribution in [0.3, 0.4) is 0 Å². The third-order valence-corrected chi connectivity index (χ3v) is 4.37. The van der Waals surface area contributed by atoms with E-state index >= 15 is 0 Å². The Kier molecular flexibility index (Phi) is 4.18. The van der Waals surface area contributed by atoms with Gasteiger partial charge in [0.25, 0.3) is 0 Å². The van der Waals surface area contributed by atoms with Gasteiger partial charge in [0.15, 0.2) is 5.58 Å². The third-order valence-electron chi connectivity index (χ3n) is 4.37. The first-order valence-electron chi connectivity index (χ1n) is 8.50. The summed E-state index contributed by atoms with van der Waals surface area (Å²) >= 11 is 0. The van der Waals surface area contributed by atoms with Gasteiger partial charge in [0, 0.05) is 17.7 Å². The van der Waals surface area contributed by atoms with Crippen LogP contribution in [0.15, 0.2) is 64.1 Å². The summed E-state index contributed by atoms with van der Waals surface area (Å²) in [6, 6.07) is 15.5. The van der Waals surface area contributed by atoms with Crippen LogP contribution in [0, 0.1) is 0 Å². The van der Waals surface area contributed by atoms with Gasteiger partial charge in [0.2, 0.25) is 0 Å². The number of aromatic amines is 1. The van der Waals surface area contributed by atoms with E-state index in [2.05, 4.69) is 9.97 Å². The van der Waals surface area contributed by atoms with E-state index in [0.29, 0.717) is 24.1 Å². The van der Waals surface area contributed by atoms with E-state index in [1.807, 2.05) is 47.0 Å². The average molecular weight is 349 g/mol. The van der Waals surface area contributed by atoms with Crippen LogP contribution < -0.4 is 5.76 Å². The van der Waals surface area contributed by atoms with Gasteiger partial charge in [-0.15, -0.1) is 0 Å². The molecule has 1 atom stereocenters. The van der Waals surface area contributed by atoms with Crippen molar-refractivity contribution in [1.82, 2.24) is 14.5 Å². The van der Waals surface area contributed by atoms with Gasteiger partial charge in [-0.2, -0.15) is 0 Å². The van der Waals surface area contributed by atoms with E-state index in [-0.39, 0.29) is 0 Å². The van der Waals surface area contributed by atoms with Crippen molar-refractivity contribution >= 4 is 11.1 Å². The summed E-state index contributed by atoms with van der Waals surface area (Å²) in [6.07, 6.45) is 1.77. The molecule has 1 unspecified atom stereocenters. The molecule has 2 aromatic heterocycles. The van der Waals surface area contributed by atoms with E-state index < -0.39 is 11.9 Å². The second kappa shape index (κ2) is 6.65. The number of para-hydroxylation sites is 1. The van der Waals surface area contributed by atoms with Crippen molar-refractivity contribution < 1.29 is 9.52 Å². The fraction of sp³-hybridized carbons (Fsp3) is 0.200. The zero-order valence-electron chi connectivity index (χ0n) is 14.3. The molecule has 4 aromatic rings. The van der Waals surface area contributed by atoms with E-state index in [1.54, 1.807) is 19.3 Å². The van der Waals surface area contributed by atoms with Gasteiger partial charge in [0.1, 0.15) is 0 Å². The molecule has 0 saturated heterocycles. The van der Waals surface area contributed by atoms with Crippen molar-refractivity contribution in [3.8, 4) is 11.3 Å². The minimum atomic E-state index is -0.488. The number of aromatic nitrogens is 3. The van der Waals surface area contributed by atoms with E-state index in [9.17, 15) is 9.90 Å². The standard InChI is InChI=1S/C20H19N3O3/c1-13(24)10-16-18(14-6-3-2-4-7-14)21-12-23(16)11-15-8-5-9-17-19(15)22-20(25)26-17/h2-9,12-13,24H,10-11H2,1H3,(H,22,25). The highest BCUT2D eigenvalue weighted by molar-refractivity contribution is 5.76. The number of hydrogen-bond donors (Lipinski definition) is 2. The molecule has 0 fully saturated rings. The summed E-state index contributed by atoms with van der Waals surface area (Å²) in [5.41, 5.74) is 4.98. The molecule has 0 saturated carbocycles. The maximum absolute atomic E-state index is 11.5. The first-order chi connectivity index (χ1) is 12.6. The molecular formula is C20H19N3O3. The Morgan fingerprint density at radius 3 is 2.77 bits per heavy atom. The number of aliphatic hydroxyl groups excluding tert-OH is 1. The summed E-state index contributed by atoms with van der Waals surface area (Å²) < 4.78 is 7.15. The maximum atomic E-state index is 11.5. The lowest BCUT2D eigenvalue weighted by molar-refractivity contribution is 0.193. The van der Waals surface area contributed by atoms with Gasteiger partial charge in [-0.25, -0.2) is 9.78 Å². The van der Waals surface area contributed by atoms with Gasteiger partial charge in [-0.3, -0.25) is 4.98 Å². The molecule has 2 N–H and O–H groups in total. The molecule has 0 radical (unpaired) electrons. The monoisotopic (exact) mass is 349 g/mol. The molecule has 0 amide bonds. The average Bonchev–Trinajstić information content (AvgIpc) is 3.19. The minimum Gasteiger partial charge on any atom is -0.408 e. The molecule has 0 bridgehead atoms. The van der Waals surface area contributed by atoms with Crippen LogP contribution in [0.5, 0.6) is 0 Å². The number of benzene rings is 2. The number of oxazole rings is 1. The van der Waals surface area contributed by atoms with Crippen molar-refractivity contribution in [1.29, 1.82) is 0 Å². The molecular weight excluding hydrogens is 330 g/mol. The van der Waals surface area contributed by atoms with Crippen LogP contribution in [0.25, 0.3) is 22.4 Å². The van der Waals surface area contributed by atoms with Gasteiger partial charge in [-0.05, 0) is 18.6 Å². The predicted molar refractivity (Wildman–Crippen MR) is 99.0 cm³/mol. The summed E-state index contributed by atoms with van der Waals surface area (Å²) in [5, 5.41) is 9.96. The van der Waals surface area contributed by atoms with Gasteiger partial charge in [0.05, 0.1) is 30.2 Å². The predicted octanol–water partition coefficient (Wildman–Crippen LogP) is 2.96. The molecule has 0 aliphatic rings. The van der Waals surface area contributed by atoms with Crippen molar-refractivity contribution in [2.24, 2.45) is 0 Å². The smallest absolute Gasteiger partial charge is 0.408 e. The molecule has 0 aliphatic carbocycles. The summed E-state index contributed by atoms with van der Waals surface area (Å²) in [4.78, 5) is 18.8. The Bertz CT molecular complexity index is 1090. The van der Waals surface area contributed by atoms with Crippen molar-refractivity contribution in [2.75, 3.05) is 0 Å². The Morgan fingerprint density at radius 2 is 2.00 bits per heavy atom. The topological polar surface area (TPSA) is 84.1 Å². The fourth-order valence-electron chi connectivity index (χ4n) is 3.22. The lowest BCUT2D eigenvalue weighted by atomic mass is 10.1. The van der Waals surface area contributed by atoms with E-state index in [4.69, 9.17) is 4.42 Å². The third kappa shape index (κ3) is 3.07. The highest BCUT2D eigenvalue weighted by atomic mass is 16.4. The van der Waals surface area contributed by atoms with Crippen molar-refractivity contribution in [2.45, 2.75) is 26.0 Å². The Hall–Kier alpha value is -3.12. The largest absolute Gasteiger partial charge is 0.417 e. The first-order valence-corrected chi connectivity index (χ1v) is 8.50. The molecule has 26 heavy (non-hydrogen) atoms. The van der Waals surface area contributed by atoms with Crippen LogP contribution in [0.2, 0.25) is 0 Å². The molecule has 0 aliphatic heterocycles. The molecule has 6 nitrogen and oxygen atoms in total. The van der Waals surface area contributed by atoms with Crippen LogP contribution >= 0.6 is 0 Å². The molecule has 132 valence electrons. The summed E-state index contributed by atoms with van der Waals surface area (Å²) in [6.45, 7) is 2.29. The number of nitrogens with one attached hydrogen (secondary N) is 1. The molecule has 4 rings (SSSR count). The summed E-state index contributed by atoms with van der Waals surface area (Å²) in [5.74, 6) is -0.466. The van der Waals surface area contributed by atoms with Crippen LogP contribution in [-0.2, 0) is 13.0 Å². The van der Waals surface area contributed by atoms with E-state index in [1.165, 1.54) is 0 Å². The normalized spacial score (nSPS) is 12.5. The number of H-pyrrole nitrogens is 1. The van der Waals surface area contributed by atoms with Crippen molar-refractivity contribution in [3.63, 3.8) is 0 Å². The summed E-state index contributed by atoms with van der Waals surface area (Å²) in [7, 11) is 0. The molecule has 6 heteroatoms. The van der Waals surface area contributed by atoms with Crippen LogP contribution in [-0.4, -0.2) is 25.7 Å². The number of imidazole rings is 1. The first kappa shape index (κ1) is 16.4. The quantitative estimate of drug-likeness (QED) is 0.580. The maximum Gasteiger partial charge on any atom is 0.417 e. The lowest BCUT2D eigenvalue weighted by Gasteiger charge is -2.12. The lowest BCUT2D eigenvalue weighted by Crippen LogP contribution is -2.12. The second-order valence-corrected chi connectivity index (χ2v) is 6.39. The van der Waals surface area contributed by atoms with Crippen molar-refractivity contribution in [3.05, 3.63) is 76.7 Å². The molecule has 0 spiro atoms. The van der Waals surface area contributed by atoms with E-state index in [0.717, 1.165) is 22.5 Å². The number of aliphatic hydroxyl groups is 1. The second-order valence-electron chi connectivity index (χ2n) is 6.39. The highest BCUT2D eigenvalue weighted by Crippen LogP contribution is 2.25. The highest BCUT2D eigenvalue weighted by Gasteiger charge is 2.16. The number of nitrogens with zero attached hydrogens (tertiary/aromatic N) is 2.